The fourth-order valence-electron chi connectivity index (χ4n) is 1.59. The number of aliphatic hydroxyl groups excluding tert-OH is 1. The molecule has 0 aliphatic heterocycles. The first-order chi connectivity index (χ1) is 9.11. The van der Waals surface area contributed by atoms with E-state index in [2.05, 4.69) is 10.1 Å². The number of hydrogen-bond donors (Lipinski definition) is 1. The highest BCUT2D eigenvalue weighted by Crippen LogP contribution is 2.14. The number of rotatable bonds is 4. The Morgan fingerprint density at radius 1 is 1.58 bits per heavy atom. The second kappa shape index (κ2) is 5.62. The van der Waals surface area contributed by atoms with Crippen molar-refractivity contribution in [2.45, 2.75) is 20.0 Å². The van der Waals surface area contributed by atoms with E-state index in [-0.39, 0.29) is 0 Å². The summed E-state index contributed by atoms with van der Waals surface area (Å²) in [6.07, 6.45) is 3.98. The molecule has 2 aromatic rings. The van der Waals surface area contributed by atoms with E-state index in [0.717, 1.165) is 5.56 Å². The Kier molecular flexibility index (Phi) is 3.91. The fourth-order valence-corrected chi connectivity index (χ4v) is 1.59. The molecule has 0 aliphatic carbocycles. The number of nitrogens with zero attached hydrogens (tertiary/aromatic N) is 3. The number of ether oxygens (including phenoxy) is 1. The smallest absolute Gasteiger partial charge is 0.341 e. The van der Waals surface area contributed by atoms with E-state index in [9.17, 15) is 9.90 Å². The van der Waals surface area contributed by atoms with Gasteiger partial charge in [-0.1, -0.05) is 0 Å². The van der Waals surface area contributed by atoms with Gasteiger partial charge in [0.25, 0.3) is 0 Å². The predicted molar refractivity (Wildman–Crippen MR) is 67.9 cm³/mol. The predicted octanol–water partition coefficient (Wildman–Crippen LogP) is 1.50. The minimum Gasteiger partial charge on any atom is -0.462 e. The Morgan fingerprint density at radius 2 is 2.37 bits per heavy atom. The summed E-state index contributed by atoms with van der Waals surface area (Å²) in [5, 5.41) is 13.6. The Bertz CT molecular complexity index is 578. The third-order valence-electron chi connectivity index (χ3n) is 2.58. The van der Waals surface area contributed by atoms with Crippen LogP contribution in [0.3, 0.4) is 0 Å². The van der Waals surface area contributed by atoms with E-state index in [0.29, 0.717) is 18.0 Å². The minimum atomic E-state index is -0.582. The van der Waals surface area contributed by atoms with Crippen LogP contribution in [0.4, 0.5) is 0 Å². The van der Waals surface area contributed by atoms with Gasteiger partial charge < -0.3 is 9.84 Å². The molecule has 0 saturated heterocycles. The van der Waals surface area contributed by atoms with Crippen LogP contribution >= 0.6 is 0 Å². The quantitative estimate of drug-likeness (QED) is 0.844. The molecule has 0 aliphatic rings. The molecule has 0 aromatic carbocycles. The van der Waals surface area contributed by atoms with Crippen LogP contribution in [0.1, 0.15) is 35.9 Å². The van der Waals surface area contributed by atoms with Crippen LogP contribution in [0.15, 0.2) is 30.7 Å². The topological polar surface area (TPSA) is 77.2 Å². The van der Waals surface area contributed by atoms with Gasteiger partial charge in [-0.3, -0.25) is 0 Å². The summed E-state index contributed by atoms with van der Waals surface area (Å²) in [5.74, 6) is 0.120. The molecular weight excluding hydrogens is 246 g/mol. The number of aliphatic hydroxyl groups is 1. The van der Waals surface area contributed by atoms with E-state index in [1.54, 1.807) is 38.4 Å². The van der Waals surface area contributed by atoms with Crippen molar-refractivity contribution in [3.05, 3.63) is 41.9 Å². The molecule has 0 unspecified atom stereocenters. The maximum atomic E-state index is 11.5. The lowest BCUT2D eigenvalue weighted by molar-refractivity contribution is 0.0526. The lowest BCUT2D eigenvalue weighted by atomic mass is 10.2. The third kappa shape index (κ3) is 2.97. The Hall–Kier alpha value is -2.21. The summed E-state index contributed by atoms with van der Waals surface area (Å²) in [7, 11) is 0. The van der Waals surface area contributed by atoms with Gasteiger partial charge in [0.15, 0.2) is 5.82 Å². The second-order valence-corrected chi connectivity index (χ2v) is 4.02. The first-order valence-electron chi connectivity index (χ1n) is 5.98. The molecule has 1 N–H and O–H groups in total. The van der Waals surface area contributed by atoms with Crippen LogP contribution in [0.25, 0.3) is 5.82 Å². The van der Waals surface area contributed by atoms with Gasteiger partial charge in [0, 0.05) is 12.4 Å². The molecule has 19 heavy (non-hydrogen) atoms. The molecular formula is C13H15N3O3. The highest BCUT2D eigenvalue weighted by molar-refractivity contribution is 5.88. The number of carbonyl (C=O) groups is 1. The minimum absolute atomic E-state index is 0.319. The summed E-state index contributed by atoms with van der Waals surface area (Å²) in [4.78, 5) is 15.7. The summed E-state index contributed by atoms with van der Waals surface area (Å²) in [6, 6.07) is 3.44. The average molecular weight is 261 g/mol. The summed E-state index contributed by atoms with van der Waals surface area (Å²) >= 11 is 0. The lowest BCUT2D eigenvalue weighted by Crippen LogP contribution is -2.04. The van der Waals surface area contributed by atoms with Crippen molar-refractivity contribution in [2.24, 2.45) is 0 Å². The molecule has 0 amide bonds. The molecule has 1 atom stereocenters. The third-order valence-corrected chi connectivity index (χ3v) is 2.58. The molecule has 0 fully saturated rings. The fraction of sp³-hybridized carbons (Fsp3) is 0.308. The monoisotopic (exact) mass is 261 g/mol. The van der Waals surface area contributed by atoms with Gasteiger partial charge in [-0.15, -0.1) is 0 Å². The van der Waals surface area contributed by atoms with Crippen LogP contribution in [0.2, 0.25) is 0 Å². The summed E-state index contributed by atoms with van der Waals surface area (Å²) < 4.78 is 6.36. The number of hydrogen-bond acceptors (Lipinski definition) is 5. The maximum Gasteiger partial charge on any atom is 0.341 e. The highest BCUT2D eigenvalue weighted by Gasteiger charge is 2.11. The first kappa shape index (κ1) is 13.2. The van der Waals surface area contributed by atoms with Gasteiger partial charge in [0.1, 0.15) is 0 Å². The van der Waals surface area contributed by atoms with E-state index in [4.69, 9.17) is 4.74 Å². The van der Waals surface area contributed by atoms with E-state index in [1.165, 1.54) is 10.9 Å². The van der Waals surface area contributed by atoms with Crippen molar-refractivity contribution >= 4 is 5.97 Å². The zero-order valence-electron chi connectivity index (χ0n) is 10.8. The molecule has 0 spiro atoms. The summed E-state index contributed by atoms with van der Waals surface area (Å²) in [5.41, 5.74) is 1.10. The van der Waals surface area contributed by atoms with Crippen LogP contribution in [-0.2, 0) is 4.74 Å². The molecule has 6 heteroatoms. The Morgan fingerprint density at radius 3 is 3.05 bits per heavy atom. The van der Waals surface area contributed by atoms with Gasteiger partial charge in [0.05, 0.1) is 24.5 Å². The van der Waals surface area contributed by atoms with Crippen LogP contribution in [0.5, 0.6) is 0 Å². The second-order valence-electron chi connectivity index (χ2n) is 4.02. The van der Waals surface area contributed by atoms with Gasteiger partial charge in [0.2, 0.25) is 0 Å². The van der Waals surface area contributed by atoms with Crippen molar-refractivity contribution in [1.82, 2.24) is 14.8 Å². The van der Waals surface area contributed by atoms with E-state index >= 15 is 0 Å². The standard InChI is InChI=1S/C13H15N3O3/c1-3-19-13(18)11-7-15-16(8-11)12-6-10(9(2)17)4-5-14-12/h4-9,17H,3H2,1-2H3/t9-/m1/s1. The molecule has 100 valence electrons. The Labute approximate surface area is 110 Å². The van der Waals surface area contributed by atoms with E-state index in [1.807, 2.05) is 0 Å². The van der Waals surface area contributed by atoms with Crippen molar-refractivity contribution in [2.75, 3.05) is 6.61 Å². The largest absolute Gasteiger partial charge is 0.462 e. The maximum absolute atomic E-state index is 11.5. The SMILES string of the molecule is CCOC(=O)c1cnn(-c2cc([C@@H](C)O)ccn2)c1. The first-order valence-corrected chi connectivity index (χ1v) is 5.98. The van der Waals surface area contributed by atoms with Crippen molar-refractivity contribution in [3.63, 3.8) is 0 Å². The summed E-state index contributed by atoms with van der Waals surface area (Å²) in [6.45, 7) is 3.74. The molecule has 0 bridgehead atoms. The molecule has 2 aromatic heterocycles. The normalized spacial score (nSPS) is 12.2. The highest BCUT2D eigenvalue weighted by atomic mass is 16.5. The van der Waals surface area contributed by atoms with Crippen LogP contribution in [0, 0.1) is 0 Å². The molecule has 0 radical (unpaired) electrons. The van der Waals surface area contributed by atoms with Crippen molar-refractivity contribution in [3.8, 4) is 5.82 Å². The molecule has 0 saturated carbocycles. The number of aromatic nitrogens is 3. The Balaban J connectivity index is 2.27. The zero-order valence-corrected chi connectivity index (χ0v) is 10.8. The molecule has 6 nitrogen and oxygen atoms in total. The average Bonchev–Trinajstić information content (AvgIpc) is 2.89. The van der Waals surface area contributed by atoms with Crippen LogP contribution < -0.4 is 0 Å². The van der Waals surface area contributed by atoms with Gasteiger partial charge in [-0.05, 0) is 31.5 Å². The number of pyridine rings is 1. The number of esters is 1. The van der Waals surface area contributed by atoms with Crippen LogP contribution in [-0.4, -0.2) is 32.4 Å². The zero-order chi connectivity index (χ0) is 13.8. The number of carbonyl (C=O) groups excluding carboxylic acids is 1. The van der Waals surface area contributed by atoms with Gasteiger partial charge in [-0.2, -0.15) is 5.10 Å². The van der Waals surface area contributed by atoms with Gasteiger partial charge in [-0.25, -0.2) is 14.5 Å². The lowest BCUT2D eigenvalue weighted by Gasteiger charge is -2.06. The molecule has 2 rings (SSSR count). The van der Waals surface area contributed by atoms with Crippen molar-refractivity contribution in [1.29, 1.82) is 0 Å². The van der Waals surface area contributed by atoms with Crippen molar-refractivity contribution < 1.29 is 14.6 Å². The molecule has 2 heterocycles. The van der Waals surface area contributed by atoms with Gasteiger partial charge >= 0.3 is 5.97 Å². The van der Waals surface area contributed by atoms with E-state index < -0.39 is 12.1 Å².